The standard InChI is InChI=1S/C14H24N2O2/c1-10(17)6-15-7-11-5-12(9-15)13-3-2-4-14(18)16(13)8-11/h10-13,17H,2-9H2,1H3. The second-order valence-corrected chi connectivity index (χ2v) is 6.44. The maximum Gasteiger partial charge on any atom is 0.222 e. The number of aliphatic hydroxyl groups is 1. The Hall–Kier alpha value is -0.610. The zero-order chi connectivity index (χ0) is 12.7. The van der Waals surface area contributed by atoms with Gasteiger partial charge in [-0.15, -0.1) is 0 Å². The lowest BCUT2D eigenvalue weighted by molar-refractivity contribution is -0.145. The molecule has 0 aliphatic carbocycles. The van der Waals surface area contributed by atoms with Crippen LogP contribution in [0.4, 0.5) is 0 Å². The molecule has 0 spiro atoms. The van der Waals surface area contributed by atoms with Crippen molar-refractivity contribution in [3.8, 4) is 0 Å². The van der Waals surface area contributed by atoms with Gasteiger partial charge in [-0.25, -0.2) is 0 Å². The fraction of sp³-hybridized carbons (Fsp3) is 0.929. The highest BCUT2D eigenvalue weighted by atomic mass is 16.3. The van der Waals surface area contributed by atoms with Gasteiger partial charge in [-0.05, 0) is 38.0 Å². The van der Waals surface area contributed by atoms with E-state index in [4.69, 9.17) is 0 Å². The van der Waals surface area contributed by atoms with E-state index in [-0.39, 0.29) is 6.10 Å². The SMILES string of the molecule is CC(O)CN1CC2CC(C1)C1CCCC(=O)N1C2. The molecule has 0 saturated carbocycles. The Bertz CT molecular complexity index is 332. The highest BCUT2D eigenvalue weighted by Crippen LogP contribution is 2.37. The maximum atomic E-state index is 12.0. The number of carbonyl (C=O) groups is 1. The minimum atomic E-state index is -0.243. The molecule has 3 aliphatic heterocycles. The lowest BCUT2D eigenvalue weighted by Crippen LogP contribution is -2.60. The van der Waals surface area contributed by atoms with Crippen LogP contribution in [0.15, 0.2) is 0 Å². The van der Waals surface area contributed by atoms with Crippen LogP contribution < -0.4 is 0 Å². The number of piperidine rings is 3. The molecule has 0 aromatic heterocycles. The molecular weight excluding hydrogens is 228 g/mol. The molecular formula is C14H24N2O2. The minimum Gasteiger partial charge on any atom is -0.392 e. The average molecular weight is 252 g/mol. The van der Waals surface area contributed by atoms with E-state index in [1.54, 1.807) is 0 Å². The molecule has 3 rings (SSSR count). The van der Waals surface area contributed by atoms with E-state index in [0.717, 1.165) is 39.0 Å². The summed E-state index contributed by atoms with van der Waals surface area (Å²) in [6.07, 6.45) is 4.05. The van der Waals surface area contributed by atoms with Crippen molar-refractivity contribution in [3.63, 3.8) is 0 Å². The molecule has 3 aliphatic rings. The molecule has 4 nitrogen and oxygen atoms in total. The molecule has 4 atom stereocenters. The zero-order valence-electron chi connectivity index (χ0n) is 11.2. The average Bonchev–Trinajstić information content (AvgIpc) is 2.29. The van der Waals surface area contributed by atoms with Crippen LogP contribution in [-0.2, 0) is 4.79 Å². The highest BCUT2D eigenvalue weighted by Gasteiger charge is 2.43. The van der Waals surface area contributed by atoms with Gasteiger partial charge in [-0.2, -0.15) is 0 Å². The van der Waals surface area contributed by atoms with E-state index in [1.807, 2.05) is 6.92 Å². The number of nitrogens with zero attached hydrogens (tertiary/aromatic N) is 2. The Kier molecular flexibility index (Phi) is 3.32. The number of fused-ring (bicyclic) bond motifs is 4. The van der Waals surface area contributed by atoms with Gasteiger partial charge >= 0.3 is 0 Å². The summed E-state index contributed by atoms with van der Waals surface area (Å²) in [7, 11) is 0. The Morgan fingerprint density at radius 1 is 1.39 bits per heavy atom. The number of hydrogen-bond donors (Lipinski definition) is 1. The summed E-state index contributed by atoms with van der Waals surface area (Å²) in [5.74, 6) is 1.64. The van der Waals surface area contributed by atoms with Crippen molar-refractivity contribution >= 4 is 5.91 Å². The second kappa shape index (κ2) is 4.82. The van der Waals surface area contributed by atoms with Crippen molar-refractivity contribution < 1.29 is 9.90 Å². The van der Waals surface area contributed by atoms with Gasteiger partial charge in [0.25, 0.3) is 0 Å². The van der Waals surface area contributed by atoms with Crippen LogP contribution in [0.2, 0.25) is 0 Å². The van der Waals surface area contributed by atoms with Gasteiger partial charge in [0.05, 0.1) is 6.10 Å². The second-order valence-electron chi connectivity index (χ2n) is 6.44. The van der Waals surface area contributed by atoms with Crippen LogP contribution in [0.5, 0.6) is 0 Å². The summed E-state index contributed by atoms with van der Waals surface area (Å²) in [5, 5.41) is 9.54. The van der Waals surface area contributed by atoms with Crippen molar-refractivity contribution in [1.29, 1.82) is 0 Å². The lowest BCUT2D eigenvalue weighted by atomic mass is 9.76. The largest absolute Gasteiger partial charge is 0.392 e. The zero-order valence-corrected chi connectivity index (χ0v) is 11.2. The van der Waals surface area contributed by atoms with E-state index < -0.39 is 0 Å². The number of rotatable bonds is 2. The third kappa shape index (κ3) is 2.28. The summed E-state index contributed by atoms with van der Waals surface area (Å²) < 4.78 is 0. The third-order valence-corrected chi connectivity index (χ3v) is 4.78. The molecule has 3 heterocycles. The Morgan fingerprint density at radius 2 is 2.22 bits per heavy atom. The molecule has 1 amide bonds. The smallest absolute Gasteiger partial charge is 0.222 e. The molecule has 3 saturated heterocycles. The predicted octanol–water partition coefficient (Wildman–Crippen LogP) is 0.700. The summed E-state index contributed by atoms with van der Waals surface area (Å²) in [6.45, 7) is 5.72. The predicted molar refractivity (Wildman–Crippen MR) is 69.1 cm³/mol. The number of β-amino-alcohol motifs (C(OH)–C–C–N with tert-alkyl or cyclic N) is 1. The first-order chi connectivity index (χ1) is 8.63. The van der Waals surface area contributed by atoms with Crippen LogP contribution >= 0.6 is 0 Å². The molecule has 0 aromatic rings. The summed E-state index contributed by atoms with van der Waals surface area (Å²) in [6, 6.07) is 0.485. The number of aliphatic hydroxyl groups excluding tert-OH is 1. The first-order valence-corrected chi connectivity index (χ1v) is 7.33. The molecule has 2 bridgehead atoms. The number of amides is 1. The molecule has 3 fully saturated rings. The van der Waals surface area contributed by atoms with Crippen molar-refractivity contribution in [2.75, 3.05) is 26.2 Å². The van der Waals surface area contributed by atoms with Crippen LogP contribution in [0.3, 0.4) is 0 Å². The Morgan fingerprint density at radius 3 is 3.00 bits per heavy atom. The Labute approximate surface area is 109 Å². The van der Waals surface area contributed by atoms with Gasteiger partial charge in [-0.1, -0.05) is 0 Å². The van der Waals surface area contributed by atoms with E-state index in [9.17, 15) is 9.90 Å². The fourth-order valence-corrected chi connectivity index (χ4v) is 4.23. The minimum absolute atomic E-state index is 0.243. The van der Waals surface area contributed by atoms with Gasteiger partial charge in [0.2, 0.25) is 5.91 Å². The van der Waals surface area contributed by atoms with Gasteiger partial charge in [0.15, 0.2) is 0 Å². The van der Waals surface area contributed by atoms with Crippen LogP contribution in [0.25, 0.3) is 0 Å². The van der Waals surface area contributed by atoms with Crippen molar-refractivity contribution in [3.05, 3.63) is 0 Å². The quantitative estimate of drug-likeness (QED) is 0.787. The van der Waals surface area contributed by atoms with E-state index in [1.165, 1.54) is 12.8 Å². The maximum absolute atomic E-state index is 12.0. The van der Waals surface area contributed by atoms with E-state index in [0.29, 0.717) is 23.8 Å². The Balaban J connectivity index is 1.70. The van der Waals surface area contributed by atoms with Gasteiger partial charge in [0, 0.05) is 38.6 Å². The fourth-order valence-electron chi connectivity index (χ4n) is 4.23. The molecule has 0 radical (unpaired) electrons. The van der Waals surface area contributed by atoms with Gasteiger partial charge < -0.3 is 14.9 Å². The summed E-state index contributed by atoms with van der Waals surface area (Å²) >= 11 is 0. The number of hydrogen-bond acceptors (Lipinski definition) is 3. The molecule has 1 N–H and O–H groups in total. The molecule has 4 heteroatoms. The van der Waals surface area contributed by atoms with Crippen molar-refractivity contribution in [2.45, 2.75) is 44.8 Å². The highest BCUT2D eigenvalue weighted by molar-refractivity contribution is 5.77. The van der Waals surface area contributed by atoms with Crippen molar-refractivity contribution in [2.24, 2.45) is 11.8 Å². The molecule has 4 unspecified atom stereocenters. The molecule has 0 aromatic carbocycles. The molecule has 18 heavy (non-hydrogen) atoms. The molecule has 102 valence electrons. The normalized spacial score (nSPS) is 38.4. The topological polar surface area (TPSA) is 43.8 Å². The summed E-state index contributed by atoms with van der Waals surface area (Å²) in [5.41, 5.74) is 0. The third-order valence-electron chi connectivity index (χ3n) is 4.78. The first kappa shape index (κ1) is 12.4. The van der Waals surface area contributed by atoms with Gasteiger partial charge in [0.1, 0.15) is 0 Å². The van der Waals surface area contributed by atoms with E-state index in [2.05, 4.69) is 9.80 Å². The lowest BCUT2D eigenvalue weighted by Gasteiger charge is -2.52. The van der Waals surface area contributed by atoms with Crippen LogP contribution in [0.1, 0.15) is 32.6 Å². The van der Waals surface area contributed by atoms with E-state index >= 15 is 0 Å². The first-order valence-electron chi connectivity index (χ1n) is 7.33. The van der Waals surface area contributed by atoms with Crippen molar-refractivity contribution in [1.82, 2.24) is 9.80 Å². The number of likely N-dealkylation sites (tertiary alicyclic amines) is 1. The monoisotopic (exact) mass is 252 g/mol. The number of carbonyl (C=O) groups excluding carboxylic acids is 1. The van der Waals surface area contributed by atoms with Crippen LogP contribution in [-0.4, -0.2) is 59.1 Å². The van der Waals surface area contributed by atoms with Crippen LogP contribution in [0, 0.1) is 11.8 Å². The summed E-state index contributed by atoms with van der Waals surface area (Å²) in [4.78, 5) is 16.6. The van der Waals surface area contributed by atoms with Gasteiger partial charge in [-0.3, -0.25) is 4.79 Å².